The SMILES string of the molecule is CC(C(=O)Nc1nnc(N)s1)S(C)(=O)=O. The molecule has 1 unspecified atom stereocenters. The van der Waals surface area contributed by atoms with Crippen LogP contribution in [0, 0.1) is 0 Å². The third kappa shape index (κ3) is 3.13. The van der Waals surface area contributed by atoms with Crippen LogP contribution < -0.4 is 11.1 Å². The molecule has 0 aromatic carbocycles. The normalized spacial score (nSPS) is 13.5. The van der Waals surface area contributed by atoms with Crippen molar-refractivity contribution in [1.29, 1.82) is 0 Å². The summed E-state index contributed by atoms with van der Waals surface area (Å²) in [7, 11) is -3.40. The van der Waals surface area contributed by atoms with Crippen molar-refractivity contribution in [3.8, 4) is 0 Å². The van der Waals surface area contributed by atoms with Crippen LogP contribution in [0.4, 0.5) is 10.3 Å². The molecule has 84 valence electrons. The van der Waals surface area contributed by atoms with Gasteiger partial charge in [-0.1, -0.05) is 11.3 Å². The zero-order valence-electron chi connectivity index (χ0n) is 8.09. The summed E-state index contributed by atoms with van der Waals surface area (Å²) in [5, 5.41) is 8.60. The summed E-state index contributed by atoms with van der Waals surface area (Å²) in [6.07, 6.45) is 0.992. The van der Waals surface area contributed by atoms with E-state index in [-0.39, 0.29) is 10.3 Å². The van der Waals surface area contributed by atoms with Gasteiger partial charge in [0.1, 0.15) is 5.25 Å². The Balaban J connectivity index is 2.72. The highest BCUT2D eigenvalue weighted by molar-refractivity contribution is 7.92. The highest BCUT2D eigenvalue weighted by Crippen LogP contribution is 2.16. The van der Waals surface area contributed by atoms with Gasteiger partial charge >= 0.3 is 0 Å². The van der Waals surface area contributed by atoms with Crippen LogP contribution in [0.5, 0.6) is 0 Å². The first kappa shape index (κ1) is 11.9. The summed E-state index contributed by atoms with van der Waals surface area (Å²) in [6.45, 7) is 1.30. The van der Waals surface area contributed by atoms with Crippen LogP contribution in [-0.2, 0) is 14.6 Å². The van der Waals surface area contributed by atoms with E-state index in [1.165, 1.54) is 6.92 Å². The number of carbonyl (C=O) groups excluding carboxylic acids is 1. The number of carbonyl (C=O) groups is 1. The number of amides is 1. The zero-order valence-corrected chi connectivity index (χ0v) is 9.72. The van der Waals surface area contributed by atoms with Gasteiger partial charge in [0.15, 0.2) is 9.84 Å². The van der Waals surface area contributed by atoms with Gasteiger partial charge in [-0.3, -0.25) is 10.1 Å². The molecule has 9 heteroatoms. The number of sulfone groups is 1. The molecule has 0 fully saturated rings. The van der Waals surface area contributed by atoms with Crippen LogP contribution in [-0.4, -0.2) is 36.0 Å². The number of nitrogen functional groups attached to an aromatic ring is 1. The van der Waals surface area contributed by atoms with Crippen molar-refractivity contribution in [2.45, 2.75) is 12.2 Å². The lowest BCUT2D eigenvalue weighted by molar-refractivity contribution is -0.115. The Morgan fingerprint density at radius 3 is 2.53 bits per heavy atom. The number of hydrogen-bond donors (Lipinski definition) is 2. The van der Waals surface area contributed by atoms with Crippen LogP contribution in [0.15, 0.2) is 0 Å². The maximum atomic E-state index is 11.4. The third-order valence-electron chi connectivity index (χ3n) is 1.68. The second-order valence-corrected chi connectivity index (χ2v) is 6.28. The second-order valence-electron chi connectivity index (χ2n) is 2.91. The summed E-state index contributed by atoms with van der Waals surface area (Å²) in [6, 6.07) is 0. The molecule has 15 heavy (non-hydrogen) atoms. The van der Waals surface area contributed by atoms with E-state index in [0.717, 1.165) is 17.6 Å². The molecule has 0 aliphatic heterocycles. The van der Waals surface area contributed by atoms with E-state index in [4.69, 9.17) is 5.73 Å². The lowest BCUT2D eigenvalue weighted by Crippen LogP contribution is -2.31. The van der Waals surface area contributed by atoms with Crippen LogP contribution >= 0.6 is 11.3 Å². The monoisotopic (exact) mass is 250 g/mol. The highest BCUT2D eigenvalue weighted by atomic mass is 32.2. The molecule has 3 N–H and O–H groups in total. The average Bonchev–Trinajstić information content (AvgIpc) is 2.48. The first-order chi connectivity index (χ1) is 6.80. The molecular formula is C6H10N4O3S2. The maximum Gasteiger partial charge on any atom is 0.244 e. The van der Waals surface area contributed by atoms with Gasteiger partial charge in [-0.2, -0.15) is 0 Å². The molecule has 1 atom stereocenters. The molecule has 7 nitrogen and oxygen atoms in total. The number of rotatable bonds is 3. The van der Waals surface area contributed by atoms with Crippen molar-refractivity contribution in [3.05, 3.63) is 0 Å². The number of nitrogens with two attached hydrogens (primary N) is 1. The topological polar surface area (TPSA) is 115 Å². The van der Waals surface area contributed by atoms with E-state index in [9.17, 15) is 13.2 Å². The Hall–Kier alpha value is -1.22. The predicted molar refractivity (Wildman–Crippen MR) is 57.3 cm³/mol. The van der Waals surface area contributed by atoms with E-state index in [1.807, 2.05) is 0 Å². The van der Waals surface area contributed by atoms with Crippen LogP contribution in [0.25, 0.3) is 0 Å². The zero-order chi connectivity index (χ0) is 11.6. The molecule has 1 aromatic heterocycles. The van der Waals surface area contributed by atoms with Crippen molar-refractivity contribution < 1.29 is 13.2 Å². The number of anilines is 2. The number of nitrogens with one attached hydrogen (secondary N) is 1. The van der Waals surface area contributed by atoms with Gasteiger partial charge in [-0.05, 0) is 6.92 Å². The Labute approximate surface area is 90.6 Å². The number of aromatic nitrogens is 2. The molecule has 1 rings (SSSR count). The van der Waals surface area contributed by atoms with Gasteiger partial charge < -0.3 is 5.73 Å². The average molecular weight is 250 g/mol. The van der Waals surface area contributed by atoms with E-state index < -0.39 is 21.0 Å². The molecule has 1 aromatic rings. The first-order valence-corrected chi connectivity index (χ1v) is 6.66. The molecule has 0 radical (unpaired) electrons. The molecule has 0 saturated heterocycles. The van der Waals surface area contributed by atoms with Gasteiger partial charge in [-0.25, -0.2) is 8.42 Å². The molecule has 0 aliphatic rings. The fraction of sp³-hybridized carbons (Fsp3) is 0.500. The number of nitrogens with zero attached hydrogens (tertiary/aromatic N) is 2. The molecule has 0 aliphatic carbocycles. The van der Waals surface area contributed by atoms with Gasteiger partial charge in [0, 0.05) is 6.26 Å². The van der Waals surface area contributed by atoms with Gasteiger partial charge in [0.05, 0.1) is 0 Å². The lowest BCUT2D eigenvalue weighted by Gasteiger charge is -2.07. The Bertz CT molecular complexity index is 466. The predicted octanol–water partition coefficient (Wildman–Crippen LogP) is -0.508. The quantitative estimate of drug-likeness (QED) is 0.746. The standard InChI is InChI=1S/C6H10N4O3S2/c1-3(15(2,12)13)4(11)8-6-10-9-5(7)14-6/h3H,1-2H3,(H2,7,9)(H,8,10,11). The largest absolute Gasteiger partial charge is 0.374 e. The molecule has 0 saturated carbocycles. The Morgan fingerprint density at radius 1 is 1.53 bits per heavy atom. The summed E-state index contributed by atoms with van der Waals surface area (Å²) >= 11 is 0.973. The summed E-state index contributed by atoms with van der Waals surface area (Å²) in [5.41, 5.74) is 5.29. The minimum absolute atomic E-state index is 0.188. The molecule has 1 heterocycles. The van der Waals surface area contributed by atoms with E-state index in [2.05, 4.69) is 15.5 Å². The van der Waals surface area contributed by atoms with E-state index >= 15 is 0 Å². The fourth-order valence-corrected chi connectivity index (χ4v) is 1.65. The fourth-order valence-electron chi connectivity index (χ4n) is 0.687. The minimum Gasteiger partial charge on any atom is -0.374 e. The van der Waals surface area contributed by atoms with Crippen molar-refractivity contribution in [2.24, 2.45) is 0 Å². The van der Waals surface area contributed by atoms with Gasteiger partial charge in [0.25, 0.3) is 0 Å². The third-order valence-corrected chi connectivity index (χ3v) is 3.85. The highest BCUT2D eigenvalue weighted by Gasteiger charge is 2.24. The molecular weight excluding hydrogens is 240 g/mol. The smallest absolute Gasteiger partial charge is 0.244 e. The van der Waals surface area contributed by atoms with E-state index in [1.54, 1.807) is 0 Å². The Morgan fingerprint density at radius 2 is 2.13 bits per heavy atom. The minimum atomic E-state index is -3.40. The molecule has 0 bridgehead atoms. The van der Waals surface area contributed by atoms with Crippen LogP contribution in [0.1, 0.15) is 6.92 Å². The van der Waals surface area contributed by atoms with Gasteiger partial charge in [-0.15, -0.1) is 10.2 Å². The summed E-state index contributed by atoms with van der Waals surface area (Å²) in [4.78, 5) is 11.4. The van der Waals surface area contributed by atoms with Gasteiger partial charge in [0.2, 0.25) is 16.2 Å². The lowest BCUT2D eigenvalue weighted by atomic mass is 10.4. The molecule has 1 amide bonds. The molecule has 0 spiro atoms. The van der Waals surface area contributed by atoms with Crippen molar-refractivity contribution in [2.75, 3.05) is 17.3 Å². The Kier molecular flexibility index (Phi) is 3.25. The summed E-state index contributed by atoms with van der Waals surface area (Å²) < 4.78 is 22.1. The van der Waals surface area contributed by atoms with Crippen LogP contribution in [0.2, 0.25) is 0 Å². The maximum absolute atomic E-state index is 11.4. The number of hydrogen-bond acceptors (Lipinski definition) is 7. The van der Waals surface area contributed by atoms with Crippen LogP contribution in [0.3, 0.4) is 0 Å². The summed E-state index contributed by atoms with van der Waals surface area (Å²) in [5.74, 6) is -0.645. The van der Waals surface area contributed by atoms with Crippen molar-refractivity contribution >= 4 is 37.3 Å². The first-order valence-electron chi connectivity index (χ1n) is 3.89. The van der Waals surface area contributed by atoms with Crippen molar-refractivity contribution in [3.63, 3.8) is 0 Å². The second kappa shape index (κ2) is 4.11. The van der Waals surface area contributed by atoms with Crippen molar-refractivity contribution in [1.82, 2.24) is 10.2 Å². The van der Waals surface area contributed by atoms with E-state index in [0.29, 0.717) is 0 Å².